The van der Waals surface area contributed by atoms with Crippen molar-refractivity contribution >= 4 is 29.7 Å². The van der Waals surface area contributed by atoms with Gasteiger partial charge in [-0.3, -0.25) is 4.79 Å². The second-order valence-electron chi connectivity index (χ2n) is 5.61. The van der Waals surface area contributed by atoms with E-state index in [1.165, 1.54) is 16.5 Å². The van der Waals surface area contributed by atoms with Crippen molar-refractivity contribution in [2.24, 2.45) is 0 Å². The number of amides is 1. The average molecular weight is 363 g/mol. The predicted octanol–water partition coefficient (Wildman–Crippen LogP) is 5.21. The van der Waals surface area contributed by atoms with Gasteiger partial charge in [-0.2, -0.15) is 0 Å². The average Bonchev–Trinajstić information content (AvgIpc) is 3.03. The standard InChI is InChI=1S/C19H19F2NO2S/c1-3-4-9-22(12-25)19(23)13(2)10-15-6-8-18(24-15)16-7-5-14(20)11-17(16)21/h5-8,10-12H,3-4,9H2,1-2H3/b13-10+. The van der Waals surface area contributed by atoms with Gasteiger partial charge in [0.2, 0.25) is 0 Å². The number of carbonyl (C=O) groups excluding carboxylic acids is 1. The van der Waals surface area contributed by atoms with Crippen LogP contribution in [0.25, 0.3) is 17.4 Å². The molecule has 2 aromatic rings. The molecule has 0 atom stereocenters. The summed E-state index contributed by atoms with van der Waals surface area (Å²) in [5.41, 5.74) is 1.96. The molecule has 1 aromatic heterocycles. The van der Waals surface area contributed by atoms with Crippen LogP contribution in [0.1, 0.15) is 32.4 Å². The van der Waals surface area contributed by atoms with Crippen LogP contribution in [0.5, 0.6) is 0 Å². The summed E-state index contributed by atoms with van der Waals surface area (Å²) < 4.78 is 32.4. The van der Waals surface area contributed by atoms with Crippen LogP contribution in [0.2, 0.25) is 0 Å². The first-order valence-corrected chi connectivity index (χ1v) is 8.43. The Morgan fingerprint density at radius 2 is 2.04 bits per heavy atom. The Morgan fingerprint density at radius 3 is 2.68 bits per heavy atom. The quantitative estimate of drug-likeness (QED) is 0.500. The maximum absolute atomic E-state index is 13.8. The molecule has 25 heavy (non-hydrogen) atoms. The molecule has 0 N–H and O–H groups in total. The number of furan rings is 1. The third-order valence-corrected chi connectivity index (χ3v) is 3.91. The van der Waals surface area contributed by atoms with Crippen molar-refractivity contribution < 1.29 is 18.0 Å². The summed E-state index contributed by atoms with van der Waals surface area (Å²) in [4.78, 5) is 13.8. The van der Waals surface area contributed by atoms with Gasteiger partial charge in [0.1, 0.15) is 23.2 Å². The van der Waals surface area contributed by atoms with Crippen molar-refractivity contribution in [3.63, 3.8) is 0 Å². The minimum Gasteiger partial charge on any atom is -0.457 e. The molecule has 0 aliphatic heterocycles. The molecule has 0 spiro atoms. The molecule has 2 rings (SSSR count). The number of carbonyl (C=O) groups is 1. The second-order valence-corrected chi connectivity index (χ2v) is 5.82. The summed E-state index contributed by atoms with van der Waals surface area (Å²) in [7, 11) is 0. The fourth-order valence-corrected chi connectivity index (χ4v) is 2.50. The summed E-state index contributed by atoms with van der Waals surface area (Å²) in [6.45, 7) is 4.27. The SMILES string of the molecule is CCCCN(C=S)C(=O)/C(C)=C/c1ccc(-c2ccc(F)cc2F)o1. The number of nitrogens with zero attached hydrogens (tertiary/aromatic N) is 1. The smallest absolute Gasteiger partial charge is 0.254 e. The number of hydrogen-bond donors (Lipinski definition) is 0. The lowest BCUT2D eigenvalue weighted by Gasteiger charge is -2.16. The fourth-order valence-electron chi connectivity index (χ4n) is 2.30. The number of benzene rings is 1. The minimum atomic E-state index is -0.705. The molecular weight excluding hydrogens is 344 g/mol. The molecular formula is C19H19F2NO2S. The van der Waals surface area contributed by atoms with Crippen molar-refractivity contribution in [1.29, 1.82) is 0 Å². The molecule has 0 radical (unpaired) electrons. The number of halogens is 2. The van der Waals surface area contributed by atoms with Crippen LogP contribution >= 0.6 is 12.2 Å². The van der Waals surface area contributed by atoms with E-state index in [1.807, 2.05) is 6.92 Å². The third kappa shape index (κ3) is 4.82. The molecule has 0 aliphatic carbocycles. The molecule has 1 aromatic carbocycles. The van der Waals surface area contributed by atoms with Gasteiger partial charge in [-0.15, -0.1) is 0 Å². The molecule has 0 saturated carbocycles. The van der Waals surface area contributed by atoms with Crippen molar-refractivity contribution in [1.82, 2.24) is 4.90 Å². The molecule has 0 unspecified atom stereocenters. The Kier molecular flexibility index (Phi) is 6.58. The summed E-state index contributed by atoms with van der Waals surface area (Å²) in [6.07, 6.45) is 3.40. The summed E-state index contributed by atoms with van der Waals surface area (Å²) >= 11 is 4.90. The van der Waals surface area contributed by atoms with E-state index in [0.717, 1.165) is 25.0 Å². The fraction of sp³-hybridized carbons (Fsp3) is 0.263. The van der Waals surface area contributed by atoms with E-state index in [4.69, 9.17) is 16.6 Å². The van der Waals surface area contributed by atoms with Crippen LogP contribution in [0.4, 0.5) is 8.78 Å². The van der Waals surface area contributed by atoms with Gasteiger partial charge in [-0.1, -0.05) is 25.6 Å². The van der Waals surface area contributed by atoms with Crippen molar-refractivity contribution in [3.8, 4) is 11.3 Å². The highest BCUT2D eigenvalue weighted by molar-refractivity contribution is 7.78. The highest BCUT2D eigenvalue weighted by Crippen LogP contribution is 2.26. The molecule has 6 heteroatoms. The number of unbranched alkanes of at least 4 members (excludes halogenated alkanes) is 1. The molecule has 0 aliphatic rings. The van der Waals surface area contributed by atoms with Gasteiger partial charge in [-0.25, -0.2) is 8.78 Å². The van der Waals surface area contributed by atoms with Crippen LogP contribution in [0.15, 0.2) is 40.3 Å². The molecule has 1 amide bonds. The maximum atomic E-state index is 13.8. The zero-order valence-corrected chi connectivity index (χ0v) is 14.9. The zero-order valence-electron chi connectivity index (χ0n) is 14.1. The van der Waals surface area contributed by atoms with Gasteiger partial charge < -0.3 is 9.32 Å². The predicted molar refractivity (Wildman–Crippen MR) is 98.0 cm³/mol. The lowest BCUT2D eigenvalue weighted by atomic mass is 10.1. The number of hydrogen-bond acceptors (Lipinski definition) is 3. The molecule has 3 nitrogen and oxygen atoms in total. The Hall–Kier alpha value is -2.34. The zero-order chi connectivity index (χ0) is 18.4. The van der Waals surface area contributed by atoms with Gasteiger partial charge in [0.05, 0.1) is 11.1 Å². The molecule has 1 heterocycles. The number of thiocarbonyl (C=S) groups is 1. The lowest BCUT2D eigenvalue weighted by molar-refractivity contribution is -0.123. The topological polar surface area (TPSA) is 33.5 Å². The molecule has 132 valence electrons. The largest absolute Gasteiger partial charge is 0.457 e. The summed E-state index contributed by atoms with van der Waals surface area (Å²) in [6, 6.07) is 6.48. The maximum Gasteiger partial charge on any atom is 0.254 e. The summed E-state index contributed by atoms with van der Waals surface area (Å²) in [5, 5.41) is 0. The van der Waals surface area contributed by atoms with Gasteiger partial charge in [-0.05, 0) is 43.7 Å². The first kappa shape index (κ1) is 19.0. The summed E-state index contributed by atoms with van der Waals surface area (Å²) in [5.74, 6) is -0.883. The Morgan fingerprint density at radius 1 is 1.28 bits per heavy atom. The first-order valence-electron chi connectivity index (χ1n) is 7.96. The van der Waals surface area contributed by atoms with Crippen molar-refractivity contribution in [3.05, 3.63) is 53.3 Å². The van der Waals surface area contributed by atoms with E-state index < -0.39 is 11.6 Å². The van der Waals surface area contributed by atoms with Crippen LogP contribution in [-0.4, -0.2) is 22.8 Å². The lowest BCUT2D eigenvalue weighted by Crippen LogP contribution is -2.30. The van der Waals surface area contributed by atoms with E-state index in [9.17, 15) is 13.6 Å². The minimum absolute atomic E-state index is 0.161. The van der Waals surface area contributed by atoms with Crippen LogP contribution in [-0.2, 0) is 4.79 Å². The Balaban J connectivity index is 2.19. The van der Waals surface area contributed by atoms with E-state index >= 15 is 0 Å². The first-order chi connectivity index (χ1) is 12.0. The van der Waals surface area contributed by atoms with Crippen molar-refractivity contribution in [2.75, 3.05) is 6.54 Å². The molecule has 0 fully saturated rings. The van der Waals surface area contributed by atoms with E-state index in [2.05, 4.69) is 0 Å². The van der Waals surface area contributed by atoms with E-state index in [1.54, 1.807) is 25.1 Å². The van der Waals surface area contributed by atoms with Gasteiger partial charge in [0.15, 0.2) is 0 Å². The second kappa shape index (κ2) is 8.67. The normalized spacial score (nSPS) is 11.4. The molecule has 0 saturated heterocycles. The van der Waals surface area contributed by atoms with Crippen LogP contribution in [0.3, 0.4) is 0 Å². The van der Waals surface area contributed by atoms with Gasteiger partial charge in [0, 0.05) is 18.2 Å². The van der Waals surface area contributed by atoms with E-state index in [-0.39, 0.29) is 17.2 Å². The third-order valence-electron chi connectivity index (χ3n) is 3.66. The Bertz CT molecular complexity index is 798. The van der Waals surface area contributed by atoms with Gasteiger partial charge in [0.25, 0.3) is 5.91 Å². The highest BCUT2D eigenvalue weighted by Gasteiger charge is 2.14. The van der Waals surface area contributed by atoms with E-state index in [0.29, 0.717) is 17.9 Å². The monoisotopic (exact) mass is 363 g/mol. The number of rotatable bonds is 7. The Labute approximate surface area is 150 Å². The van der Waals surface area contributed by atoms with Crippen LogP contribution in [0, 0.1) is 11.6 Å². The molecule has 0 bridgehead atoms. The van der Waals surface area contributed by atoms with Gasteiger partial charge >= 0.3 is 0 Å². The van der Waals surface area contributed by atoms with Crippen LogP contribution < -0.4 is 0 Å². The van der Waals surface area contributed by atoms with Crippen molar-refractivity contribution in [2.45, 2.75) is 26.7 Å². The highest BCUT2D eigenvalue weighted by atomic mass is 32.1.